The van der Waals surface area contributed by atoms with Crippen molar-refractivity contribution in [3.8, 4) is 0 Å². The molecule has 0 heterocycles. The maximum absolute atomic E-state index is 12.1. The third kappa shape index (κ3) is 5.37. The van der Waals surface area contributed by atoms with Crippen LogP contribution in [0.4, 0.5) is 17.1 Å². The fraction of sp³-hybridized carbons (Fsp3) is 0.500. The second-order valence-corrected chi connectivity index (χ2v) is 6.59. The molecule has 1 radical (unpaired) electrons. The van der Waals surface area contributed by atoms with E-state index in [-0.39, 0.29) is 35.5 Å². The van der Waals surface area contributed by atoms with Gasteiger partial charge >= 0.3 is 0 Å². The van der Waals surface area contributed by atoms with Crippen LogP contribution in [-0.4, -0.2) is 17.7 Å². The van der Waals surface area contributed by atoms with E-state index in [0.29, 0.717) is 17.1 Å². The lowest BCUT2D eigenvalue weighted by atomic mass is 10.1. The van der Waals surface area contributed by atoms with Crippen LogP contribution in [0.2, 0.25) is 0 Å². The predicted molar refractivity (Wildman–Crippen MR) is 95.7 cm³/mol. The molecule has 0 saturated carbocycles. The smallest absolute Gasteiger partial charge is 0.227 e. The summed E-state index contributed by atoms with van der Waals surface area (Å²) in [5, 5.41) is 8.30. The van der Waals surface area contributed by atoms with Gasteiger partial charge in [0, 0.05) is 17.8 Å². The van der Waals surface area contributed by atoms with Crippen molar-refractivity contribution in [1.29, 1.82) is 0 Å². The van der Waals surface area contributed by atoms with Gasteiger partial charge in [-0.2, -0.15) is 0 Å². The first-order chi connectivity index (χ1) is 11.1. The number of hydrogen-bond acceptors (Lipinski definition) is 3. The summed E-state index contributed by atoms with van der Waals surface area (Å²) in [6, 6.07) is 6.02. The average molecular weight is 332 g/mol. The molecule has 3 N–H and O–H groups in total. The summed E-state index contributed by atoms with van der Waals surface area (Å²) in [6.07, 6.45) is 0. The van der Waals surface area contributed by atoms with E-state index in [0.717, 1.165) is 0 Å². The number of nitrogens with one attached hydrogen (secondary N) is 3. The first-order valence-corrected chi connectivity index (χ1v) is 8.10. The molecule has 1 aromatic carbocycles. The summed E-state index contributed by atoms with van der Waals surface area (Å²) >= 11 is 0. The Labute approximate surface area is 143 Å². The second kappa shape index (κ2) is 8.47. The van der Waals surface area contributed by atoms with Gasteiger partial charge in [-0.05, 0) is 18.2 Å². The van der Waals surface area contributed by atoms with Crippen molar-refractivity contribution in [1.82, 2.24) is 0 Å². The highest BCUT2D eigenvalue weighted by atomic mass is 16.2. The van der Waals surface area contributed by atoms with Crippen molar-refractivity contribution in [2.75, 3.05) is 16.0 Å². The zero-order valence-electron chi connectivity index (χ0n) is 15.1. The molecule has 0 atom stereocenters. The van der Waals surface area contributed by atoms with Crippen molar-refractivity contribution in [2.24, 2.45) is 17.8 Å². The van der Waals surface area contributed by atoms with E-state index in [9.17, 15) is 14.4 Å². The fourth-order valence-corrected chi connectivity index (χ4v) is 1.65. The second-order valence-electron chi connectivity index (χ2n) is 6.59. The number of benzene rings is 1. The summed E-state index contributed by atoms with van der Waals surface area (Å²) < 4.78 is 0. The Kier molecular flexibility index (Phi) is 6.95. The van der Waals surface area contributed by atoms with Gasteiger partial charge in [-0.15, -0.1) is 0 Å². The highest BCUT2D eigenvalue weighted by Gasteiger charge is 2.18. The van der Waals surface area contributed by atoms with Crippen molar-refractivity contribution in [3.63, 3.8) is 0 Å². The standard InChI is InChI=1S/C18H26N3O3/c1-10(2)16(22)19-13-8-7-9-14(20-17(23)11(3)4)15(13)21-18(24)12(5)6/h8-12H,1-6H3,(H,19,22)(H,20,23)(H,21,24). The minimum atomic E-state index is -0.239. The normalized spacial score (nSPS) is 10.9. The molecule has 6 heteroatoms. The molecule has 24 heavy (non-hydrogen) atoms. The van der Waals surface area contributed by atoms with E-state index in [1.807, 2.05) is 0 Å². The van der Waals surface area contributed by atoms with Gasteiger partial charge in [0.15, 0.2) is 0 Å². The lowest BCUT2D eigenvalue weighted by molar-refractivity contribution is -0.119. The summed E-state index contributed by atoms with van der Waals surface area (Å²) in [5.74, 6) is -1.25. The lowest BCUT2D eigenvalue weighted by Crippen LogP contribution is -2.24. The number of amides is 3. The molecule has 0 aromatic heterocycles. The predicted octanol–water partition coefficient (Wildman–Crippen LogP) is 3.27. The van der Waals surface area contributed by atoms with Crippen LogP contribution >= 0.6 is 0 Å². The summed E-state index contributed by atoms with van der Waals surface area (Å²) in [5.41, 5.74) is 1.18. The van der Waals surface area contributed by atoms with Crippen LogP contribution in [0.25, 0.3) is 0 Å². The molecule has 0 spiro atoms. The van der Waals surface area contributed by atoms with E-state index in [4.69, 9.17) is 0 Å². The Hall–Kier alpha value is -2.37. The van der Waals surface area contributed by atoms with Crippen LogP contribution in [0, 0.1) is 23.8 Å². The highest BCUT2D eigenvalue weighted by molar-refractivity contribution is 6.07. The Morgan fingerprint density at radius 1 is 0.708 bits per heavy atom. The summed E-state index contributed by atoms with van der Waals surface area (Å²) in [6.45, 7) is 10.6. The quantitative estimate of drug-likeness (QED) is 0.747. The van der Waals surface area contributed by atoms with Crippen molar-refractivity contribution in [3.05, 3.63) is 18.2 Å². The van der Waals surface area contributed by atoms with E-state index >= 15 is 0 Å². The Bertz CT molecular complexity index is 582. The Morgan fingerprint density at radius 3 is 1.38 bits per heavy atom. The van der Waals surface area contributed by atoms with Gasteiger partial charge in [0.25, 0.3) is 0 Å². The molecular formula is C18H26N3O3. The van der Waals surface area contributed by atoms with Gasteiger partial charge in [-0.25, -0.2) is 0 Å². The van der Waals surface area contributed by atoms with Crippen LogP contribution < -0.4 is 16.0 Å². The van der Waals surface area contributed by atoms with Crippen LogP contribution in [-0.2, 0) is 14.4 Å². The van der Waals surface area contributed by atoms with Crippen LogP contribution in [0.15, 0.2) is 12.1 Å². The van der Waals surface area contributed by atoms with Crippen LogP contribution in [0.3, 0.4) is 0 Å². The molecule has 0 saturated heterocycles. The molecule has 0 fully saturated rings. The van der Waals surface area contributed by atoms with E-state index in [1.54, 1.807) is 53.7 Å². The number of hydrogen-bond donors (Lipinski definition) is 3. The highest BCUT2D eigenvalue weighted by Crippen LogP contribution is 2.31. The topological polar surface area (TPSA) is 87.3 Å². The third-order valence-electron chi connectivity index (χ3n) is 3.33. The van der Waals surface area contributed by atoms with Crippen LogP contribution in [0.1, 0.15) is 41.5 Å². The molecular weight excluding hydrogens is 306 g/mol. The molecule has 131 valence electrons. The molecule has 0 bridgehead atoms. The van der Waals surface area contributed by atoms with Crippen molar-refractivity contribution < 1.29 is 14.4 Å². The maximum atomic E-state index is 12.1. The monoisotopic (exact) mass is 332 g/mol. The van der Waals surface area contributed by atoms with Gasteiger partial charge in [-0.1, -0.05) is 41.5 Å². The molecule has 1 aromatic rings. The molecule has 0 aliphatic carbocycles. The largest absolute Gasteiger partial charge is 0.324 e. The van der Waals surface area contributed by atoms with Gasteiger partial charge in [0.1, 0.15) is 0 Å². The SMILES string of the molecule is CC(C)C(=O)Nc1c[c]cc(NC(=O)C(C)C)c1NC(=O)C(C)C. The van der Waals surface area contributed by atoms with E-state index < -0.39 is 0 Å². The molecule has 0 aliphatic heterocycles. The molecule has 6 nitrogen and oxygen atoms in total. The molecule has 3 amide bonds. The average Bonchev–Trinajstić information content (AvgIpc) is 2.49. The number of anilines is 3. The van der Waals surface area contributed by atoms with E-state index in [1.165, 1.54) is 0 Å². The van der Waals surface area contributed by atoms with Gasteiger partial charge in [0.2, 0.25) is 17.7 Å². The number of carbonyl (C=O) groups is 3. The minimum absolute atomic E-state index is 0.184. The zero-order chi connectivity index (χ0) is 18.4. The first-order valence-electron chi connectivity index (χ1n) is 8.10. The fourth-order valence-electron chi connectivity index (χ4n) is 1.65. The van der Waals surface area contributed by atoms with Gasteiger partial charge in [0.05, 0.1) is 17.1 Å². The molecule has 1 rings (SSSR count). The number of rotatable bonds is 6. The summed E-state index contributed by atoms with van der Waals surface area (Å²) in [7, 11) is 0. The molecule has 0 aliphatic rings. The van der Waals surface area contributed by atoms with Gasteiger partial charge < -0.3 is 16.0 Å². The van der Waals surface area contributed by atoms with Crippen LogP contribution in [0.5, 0.6) is 0 Å². The third-order valence-corrected chi connectivity index (χ3v) is 3.33. The lowest BCUT2D eigenvalue weighted by Gasteiger charge is -2.19. The minimum Gasteiger partial charge on any atom is -0.324 e. The maximum Gasteiger partial charge on any atom is 0.227 e. The molecule has 0 unspecified atom stereocenters. The van der Waals surface area contributed by atoms with Gasteiger partial charge in [-0.3, -0.25) is 14.4 Å². The summed E-state index contributed by atoms with van der Waals surface area (Å²) in [4.78, 5) is 36.1. The Morgan fingerprint density at radius 2 is 1.04 bits per heavy atom. The first kappa shape index (κ1) is 19.7. The number of carbonyl (C=O) groups excluding carboxylic acids is 3. The zero-order valence-corrected chi connectivity index (χ0v) is 15.1. The van der Waals surface area contributed by atoms with Crippen molar-refractivity contribution >= 4 is 34.8 Å². The van der Waals surface area contributed by atoms with E-state index in [2.05, 4.69) is 22.0 Å². The van der Waals surface area contributed by atoms with Crippen molar-refractivity contribution in [2.45, 2.75) is 41.5 Å². The Balaban J connectivity index is 3.24.